The topological polar surface area (TPSA) is 41.6 Å². The molecule has 1 aliphatic rings. The van der Waals surface area contributed by atoms with Crippen molar-refractivity contribution in [3.63, 3.8) is 0 Å². The Morgan fingerprint density at radius 3 is 2.36 bits per heavy atom. The molecule has 1 fully saturated rings. The number of nitrogens with one attached hydrogen (secondary N) is 1. The first-order chi connectivity index (χ1) is 11.8. The lowest BCUT2D eigenvalue weighted by Crippen LogP contribution is -2.43. The summed E-state index contributed by atoms with van der Waals surface area (Å²) in [6.45, 7) is 3.74. The van der Waals surface area contributed by atoms with Crippen molar-refractivity contribution in [2.24, 2.45) is 0 Å². The van der Waals surface area contributed by atoms with Gasteiger partial charge in [0, 0.05) is 18.4 Å². The lowest BCUT2D eigenvalue weighted by molar-refractivity contribution is -0.190. The number of hydrazine groups is 1. The molecule has 4 nitrogen and oxygen atoms in total. The molecule has 1 amide bonds. The normalized spacial score (nSPS) is 17.1. The summed E-state index contributed by atoms with van der Waals surface area (Å²) < 4.78 is 47.1. The van der Waals surface area contributed by atoms with Gasteiger partial charge in [-0.15, -0.1) is 0 Å². The number of nitrogens with zero attached hydrogens (tertiary/aromatic N) is 1. The maximum absolute atomic E-state index is 13.8. The average molecular weight is 352 g/mol. The fourth-order valence-electron chi connectivity index (χ4n) is 3.10. The summed E-state index contributed by atoms with van der Waals surface area (Å²) in [6, 6.07) is 7.94. The van der Waals surface area contributed by atoms with E-state index in [4.69, 9.17) is 4.74 Å². The number of carbonyl (C=O) groups excluding carboxylic acids is 1. The lowest BCUT2D eigenvalue weighted by atomic mass is 9.97. The molecule has 1 atom stereocenters. The predicted molar refractivity (Wildman–Crippen MR) is 88.0 cm³/mol. The fourth-order valence-corrected chi connectivity index (χ4v) is 3.10. The van der Waals surface area contributed by atoms with Crippen LogP contribution in [-0.4, -0.2) is 29.7 Å². The molecule has 1 aliphatic heterocycles. The van der Waals surface area contributed by atoms with Gasteiger partial charge in [0.1, 0.15) is 5.75 Å². The molecule has 1 N–H and O–H groups in total. The van der Waals surface area contributed by atoms with Gasteiger partial charge in [0.2, 0.25) is 5.91 Å². The highest BCUT2D eigenvalue weighted by atomic mass is 19.4. The van der Waals surface area contributed by atoms with Crippen molar-refractivity contribution in [2.75, 3.05) is 6.54 Å². The second-order valence-corrected chi connectivity index (χ2v) is 6.29. The molecular weight excluding hydrogens is 333 g/mol. The van der Waals surface area contributed by atoms with Crippen LogP contribution in [0.5, 0.6) is 5.75 Å². The van der Waals surface area contributed by atoms with Gasteiger partial charge in [-0.1, -0.05) is 30.3 Å². The molecule has 1 unspecified atom stereocenters. The standard InChI is InChI=1S/C18H19F3N2O2/c1-11(2)25-15-8-7-14(12-5-3-4-6-13(12)15)17(18(19,20)21)23-10-9-16(24)22-23/h3-8,11,17H,9-10H2,1-2H3,(H,22,24). The van der Waals surface area contributed by atoms with Crippen molar-refractivity contribution in [2.45, 2.75) is 38.6 Å². The largest absolute Gasteiger partial charge is 0.490 e. The fraction of sp³-hybridized carbons (Fsp3) is 0.389. The Hall–Kier alpha value is -2.28. The van der Waals surface area contributed by atoms with E-state index in [-0.39, 0.29) is 24.6 Å². The number of amides is 1. The quantitative estimate of drug-likeness (QED) is 0.905. The maximum atomic E-state index is 13.8. The zero-order valence-electron chi connectivity index (χ0n) is 13.9. The molecule has 0 bridgehead atoms. The van der Waals surface area contributed by atoms with Gasteiger partial charge < -0.3 is 4.74 Å². The zero-order chi connectivity index (χ0) is 18.2. The molecular formula is C18H19F3N2O2. The van der Waals surface area contributed by atoms with E-state index in [0.29, 0.717) is 16.5 Å². The van der Waals surface area contributed by atoms with Gasteiger partial charge in [-0.25, -0.2) is 5.01 Å². The average Bonchev–Trinajstić information content (AvgIpc) is 2.94. The van der Waals surface area contributed by atoms with Gasteiger partial charge in [0.25, 0.3) is 0 Å². The van der Waals surface area contributed by atoms with Crippen LogP contribution in [0.1, 0.15) is 31.9 Å². The highest BCUT2D eigenvalue weighted by molar-refractivity contribution is 5.91. The molecule has 134 valence electrons. The van der Waals surface area contributed by atoms with Crippen LogP contribution in [0.25, 0.3) is 10.8 Å². The third-order valence-electron chi connectivity index (χ3n) is 4.04. The third-order valence-corrected chi connectivity index (χ3v) is 4.04. The van der Waals surface area contributed by atoms with Crippen LogP contribution >= 0.6 is 0 Å². The second kappa shape index (κ2) is 6.55. The molecule has 2 aromatic carbocycles. The van der Waals surface area contributed by atoms with Gasteiger partial charge in [-0.05, 0) is 30.9 Å². The number of hydrogen-bond donors (Lipinski definition) is 1. The molecule has 25 heavy (non-hydrogen) atoms. The van der Waals surface area contributed by atoms with Gasteiger partial charge in [0.05, 0.1) is 6.10 Å². The maximum Gasteiger partial charge on any atom is 0.409 e. The minimum absolute atomic E-state index is 0.0155. The number of halogens is 3. The van der Waals surface area contributed by atoms with Gasteiger partial charge in [0.15, 0.2) is 6.04 Å². The second-order valence-electron chi connectivity index (χ2n) is 6.29. The number of benzene rings is 2. The molecule has 2 aromatic rings. The zero-order valence-corrected chi connectivity index (χ0v) is 13.9. The van der Waals surface area contributed by atoms with E-state index >= 15 is 0 Å². The van der Waals surface area contributed by atoms with Crippen LogP contribution in [0.15, 0.2) is 36.4 Å². The van der Waals surface area contributed by atoms with Crippen LogP contribution in [0.2, 0.25) is 0 Å². The first-order valence-corrected chi connectivity index (χ1v) is 8.08. The summed E-state index contributed by atoms with van der Waals surface area (Å²) in [5, 5.41) is 2.05. The summed E-state index contributed by atoms with van der Waals surface area (Å²) >= 11 is 0. The molecule has 0 radical (unpaired) electrons. The number of ether oxygens (including phenoxy) is 1. The van der Waals surface area contributed by atoms with Crippen LogP contribution in [-0.2, 0) is 4.79 Å². The van der Waals surface area contributed by atoms with E-state index in [1.165, 1.54) is 6.07 Å². The van der Waals surface area contributed by atoms with E-state index in [1.54, 1.807) is 30.3 Å². The Balaban J connectivity index is 2.14. The van der Waals surface area contributed by atoms with Gasteiger partial charge >= 0.3 is 6.18 Å². The van der Waals surface area contributed by atoms with Crippen LogP contribution in [0.3, 0.4) is 0 Å². The monoisotopic (exact) mass is 352 g/mol. The minimum Gasteiger partial charge on any atom is -0.490 e. The van der Waals surface area contributed by atoms with Gasteiger partial charge in [-0.3, -0.25) is 10.2 Å². The molecule has 0 saturated carbocycles. The summed E-state index contributed by atoms with van der Waals surface area (Å²) in [4.78, 5) is 11.4. The van der Waals surface area contributed by atoms with Gasteiger partial charge in [-0.2, -0.15) is 13.2 Å². The number of carbonyl (C=O) groups is 1. The van der Waals surface area contributed by atoms with Crippen molar-refractivity contribution in [1.29, 1.82) is 0 Å². The van der Waals surface area contributed by atoms with E-state index in [9.17, 15) is 18.0 Å². The van der Waals surface area contributed by atoms with Crippen LogP contribution in [0.4, 0.5) is 13.2 Å². The molecule has 1 saturated heterocycles. The summed E-state index contributed by atoms with van der Waals surface area (Å²) in [5.41, 5.74) is 2.41. The highest BCUT2D eigenvalue weighted by Crippen LogP contribution is 2.42. The van der Waals surface area contributed by atoms with Crippen molar-refractivity contribution in [3.05, 3.63) is 42.0 Å². The molecule has 7 heteroatoms. The third kappa shape index (κ3) is 3.56. The highest BCUT2D eigenvalue weighted by Gasteiger charge is 2.47. The molecule has 0 aliphatic carbocycles. The van der Waals surface area contributed by atoms with E-state index in [2.05, 4.69) is 5.43 Å². The SMILES string of the molecule is CC(C)Oc1ccc(C(N2CCC(=O)N2)C(F)(F)F)c2ccccc12. The molecule has 3 rings (SSSR count). The Morgan fingerprint density at radius 1 is 1.12 bits per heavy atom. The van der Waals surface area contributed by atoms with E-state index in [1.807, 2.05) is 13.8 Å². The molecule has 0 aromatic heterocycles. The summed E-state index contributed by atoms with van der Waals surface area (Å²) in [6.07, 6.45) is -4.56. The van der Waals surface area contributed by atoms with Crippen molar-refractivity contribution in [1.82, 2.24) is 10.4 Å². The molecule has 1 heterocycles. The first kappa shape index (κ1) is 17.5. The lowest BCUT2D eigenvalue weighted by Gasteiger charge is -2.30. The number of alkyl halides is 3. The van der Waals surface area contributed by atoms with Crippen LogP contribution in [0, 0.1) is 0 Å². The first-order valence-electron chi connectivity index (χ1n) is 8.08. The molecule has 0 spiro atoms. The summed E-state index contributed by atoms with van der Waals surface area (Å²) in [5.74, 6) is 0.138. The Labute approximate surface area is 143 Å². The minimum atomic E-state index is -4.53. The number of hydrogen-bond acceptors (Lipinski definition) is 3. The van der Waals surface area contributed by atoms with Crippen molar-refractivity contribution < 1.29 is 22.7 Å². The number of rotatable bonds is 4. The van der Waals surface area contributed by atoms with Crippen LogP contribution < -0.4 is 10.2 Å². The van der Waals surface area contributed by atoms with E-state index < -0.39 is 18.1 Å². The Bertz CT molecular complexity index is 789. The smallest absolute Gasteiger partial charge is 0.409 e. The number of fused-ring (bicyclic) bond motifs is 1. The Morgan fingerprint density at radius 2 is 1.80 bits per heavy atom. The predicted octanol–water partition coefficient (Wildman–Crippen LogP) is 3.97. The van der Waals surface area contributed by atoms with Crippen molar-refractivity contribution in [3.8, 4) is 5.75 Å². The summed E-state index contributed by atoms with van der Waals surface area (Å²) in [7, 11) is 0. The van der Waals surface area contributed by atoms with E-state index in [0.717, 1.165) is 5.01 Å². The Kier molecular flexibility index (Phi) is 4.60. The van der Waals surface area contributed by atoms with Crippen molar-refractivity contribution >= 4 is 16.7 Å².